The van der Waals surface area contributed by atoms with Gasteiger partial charge in [-0.15, -0.1) is 0 Å². The lowest BCUT2D eigenvalue weighted by Crippen LogP contribution is -2.42. The number of nitriles is 1. The number of benzene rings is 3. The highest BCUT2D eigenvalue weighted by atomic mass is 32.2. The fraction of sp³-hybridized carbons (Fsp3) is 0.154. The Morgan fingerprint density at radius 2 is 1.71 bits per heavy atom. The number of carbonyl (C=O) groups is 1. The van der Waals surface area contributed by atoms with E-state index in [1.165, 1.54) is 11.8 Å². The number of anilines is 1. The van der Waals surface area contributed by atoms with Gasteiger partial charge >= 0.3 is 0 Å². The number of fused-ring (bicyclic) bond motifs is 3. The first-order valence-corrected chi connectivity index (χ1v) is 11.0. The van der Waals surface area contributed by atoms with Crippen LogP contribution in [0.5, 0.6) is 5.75 Å². The molecule has 31 heavy (non-hydrogen) atoms. The van der Waals surface area contributed by atoms with Crippen LogP contribution in [0.4, 0.5) is 5.69 Å². The minimum absolute atomic E-state index is 0.0381. The van der Waals surface area contributed by atoms with Crippen molar-refractivity contribution in [3.05, 3.63) is 101 Å². The Kier molecular flexibility index (Phi) is 5.01. The van der Waals surface area contributed by atoms with Crippen LogP contribution in [0.25, 0.3) is 0 Å². The van der Waals surface area contributed by atoms with Crippen molar-refractivity contribution in [3.8, 4) is 11.8 Å². The fourth-order valence-corrected chi connectivity index (χ4v) is 5.61. The third-order valence-electron chi connectivity index (χ3n) is 5.89. The summed E-state index contributed by atoms with van der Waals surface area (Å²) in [4.78, 5) is 16.6. The van der Waals surface area contributed by atoms with Gasteiger partial charge in [-0.2, -0.15) is 5.26 Å². The van der Waals surface area contributed by atoms with Gasteiger partial charge in [0.1, 0.15) is 10.8 Å². The van der Waals surface area contributed by atoms with E-state index in [1.54, 1.807) is 12.0 Å². The van der Waals surface area contributed by atoms with Gasteiger partial charge in [-0.25, -0.2) is 0 Å². The van der Waals surface area contributed by atoms with Gasteiger partial charge in [-0.1, -0.05) is 66.4 Å². The van der Waals surface area contributed by atoms with E-state index in [9.17, 15) is 10.1 Å². The van der Waals surface area contributed by atoms with Gasteiger partial charge in [-0.05, 0) is 41.8 Å². The number of ether oxygens (including phenoxy) is 1. The summed E-state index contributed by atoms with van der Waals surface area (Å²) >= 11 is 1.51. The molecule has 0 aromatic heterocycles. The number of hydrogen-bond acceptors (Lipinski definition) is 4. The first kappa shape index (κ1) is 19.5. The zero-order valence-corrected chi connectivity index (χ0v) is 17.8. The second-order valence-electron chi connectivity index (χ2n) is 7.62. The lowest BCUT2D eigenvalue weighted by molar-refractivity contribution is -0.122. The van der Waals surface area contributed by atoms with Crippen molar-refractivity contribution in [3.63, 3.8) is 0 Å². The number of nitrogens with zero attached hydrogens (tertiary/aromatic N) is 2. The highest BCUT2D eigenvalue weighted by Crippen LogP contribution is 2.54. The number of hydrogen-bond donors (Lipinski definition) is 0. The SMILES string of the molecule is COc1ccc([C@@H]2C(C#N)=C3Sc4ccccc4N3C(=O)[C@@H]2Cc2ccccc2)cc1. The molecule has 2 aliphatic heterocycles. The van der Waals surface area contributed by atoms with Crippen LogP contribution in [-0.4, -0.2) is 13.0 Å². The Balaban J connectivity index is 1.67. The maximum Gasteiger partial charge on any atom is 0.236 e. The van der Waals surface area contributed by atoms with Crippen LogP contribution < -0.4 is 9.64 Å². The highest BCUT2D eigenvalue weighted by molar-refractivity contribution is 8.03. The molecular formula is C26H20N2O2S. The van der Waals surface area contributed by atoms with E-state index >= 15 is 0 Å². The molecule has 4 nitrogen and oxygen atoms in total. The number of methoxy groups -OCH3 is 1. The second-order valence-corrected chi connectivity index (χ2v) is 8.65. The Labute approximate surface area is 185 Å². The molecule has 0 N–H and O–H groups in total. The first-order chi connectivity index (χ1) is 15.2. The molecule has 3 aromatic rings. The third-order valence-corrected chi connectivity index (χ3v) is 7.05. The summed E-state index contributed by atoms with van der Waals surface area (Å²) in [6.45, 7) is 0. The van der Waals surface area contributed by atoms with E-state index in [0.29, 0.717) is 12.0 Å². The van der Waals surface area contributed by atoms with E-state index in [-0.39, 0.29) is 17.7 Å². The number of carbonyl (C=O) groups excluding carboxylic acids is 1. The van der Waals surface area contributed by atoms with E-state index in [2.05, 4.69) is 6.07 Å². The van der Waals surface area contributed by atoms with Crippen molar-refractivity contribution in [2.45, 2.75) is 17.2 Å². The van der Waals surface area contributed by atoms with Gasteiger partial charge in [0.2, 0.25) is 5.91 Å². The van der Waals surface area contributed by atoms with E-state index in [0.717, 1.165) is 32.5 Å². The van der Waals surface area contributed by atoms with Gasteiger partial charge in [0.05, 0.1) is 30.4 Å². The summed E-state index contributed by atoms with van der Waals surface area (Å²) in [6.07, 6.45) is 0.568. The molecule has 0 bridgehead atoms. The molecule has 0 unspecified atom stereocenters. The van der Waals surface area contributed by atoms with Crippen molar-refractivity contribution in [1.29, 1.82) is 5.26 Å². The first-order valence-electron chi connectivity index (χ1n) is 10.1. The van der Waals surface area contributed by atoms with Crippen molar-refractivity contribution in [1.82, 2.24) is 0 Å². The lowest BCUT2D eigenvalue weighted by atomic mass is 9.75. The molecule has 0 saturated heterocycles. The van der Waals surface area contributed by atoms with Crippen LogP contribution >= 0.6 is 11.8 Å². The molecule has 152 valence electrons. The van der Waals surface area contributed by atoms with Crippen LogP contribution in [0.3, 0.4) is 0 Å². The molecule has 2 heterocycles. The minimum Gasteiger partial charge on any atom is -0.497 e. The average molecular weight is 425 g/mol. The van der Waals surface area contributed by atoms with Crippen molar-refractivity contribution >= 4 is 23.4 Å². The summed E-state index contributed by atoms with van der Waals surface area (Å²) in [5, 5.41) is 11.0. The maximum atomic E-state index is 13.9. The Morgan fingerprint density at radius 1 is 1.00 bits per heavy atom. The Morgan fingerprint density at radius 3 is 2.42 bits per heavy atom. The van der Waals surface area contributed by atoms with Gasteiger partial charge in [0.25, 0.3) is 0 Å². The second kappa shape index (κ2) is 7.98. The highest BCUT2D eigenvalue weighted by Gasteiger charge is 2.46. The van der Waals surface area contributed by atoms with Crippen LogP contribution in [0, 0.1) is 17.2 Å². The van der Waals surface area contributed by atoms with E-state index in [4.69, 9.17) is 4.74 Å². The predicted octanol–water partition coefficient (Wildman–Crippen LogP) is 5.53. The number of amides is 1. The summed E-state index contributed by atoms with van der Waals surface area (Å²) in [7, 11) is 1.63. The number of para-hydroxylation sites is 1. The topological polar surface area (TPSA) is 53.3 Å². The lowest BCUT2D eigenvalue weighted by Gasteiger charge is -2.36. The van der Waals surface area contributed by atoms with Crippen molar-refractivity contribution in [2.24, 2.45) is 5.92 Å². The molecule has 0 aliphatic carbocycles. The normalized spacial score (nSPS) is 19.6. The number of thioether (sulfide) groups is 1. The molecule has 0 saturated carbocycles. The zero-order chi connectivity index (χ0) is 21.4. The summed E-state index contributed by atoms with van der Waals surface area (Å²) in [5.74, 6) is 0.106. The molecule has 1 amide bonds. The summed E-state index contributed by atoms with van der Waals surface area (Å²) < 4.78 is 5.31. The maximum absolute atomic E-state index is 13.9. The number of allylic oxidation sites excluding steroid dienone is 1. The van der Waals surface area contributed by atoms with Crippen LogP contribution in [0.2, 0.25) is 0 Å². The largest absolute Gasteiger partial charge is 0.497 e. The zero-order valence-electron chi connectivity index (χ0n) is 17.0. The van der Waals surface area contributed by atoms with Gasteiger partial charge < -0.3 is 4.74 Å². The molecular weight excluding hydrogens is 404 g/mol. The molecule has 5 heteroatoms. The molecule has 5 rings (SSSR count). The quantitative estimate of drug-likeness (QED) is 0.553. The summed E-state index contributed by atoms with van der Waals surface area (Å²) in [6, 6.07) is 28.0. The van der Waals surface area contributed by atoms with E-state index < -0.39 is 0 Å². The molecule has 2 atom stereocenters. The monoisotopic (exact) mass is 424 g/mol. The Hall–Kier alpha value is -3.49. The van der Waals surface area contributed by atoms with Crippen LogP contribution in [0.15, 0.2) is 94.4 Å². The summed E-state index contributed by atoms with van der Waals surface area (Å²) in [5.41, 5.74) is 3.55. The molecule has 2 aliphatic rings. The molecule has 0 fully saturated rings. The van der Waals surface area contributed by atoms with E-state index in [1.807, 2.05) is 78.9 Å². The minimum atomic E-state index is -0.374. The Bertz CT molecular complexity index is 1210. The van der Waals surface area contributed by atoms with Gasteiger partial charge in [0, 0.05) is 10.8 Å². The van der Waals surface area contributed by atoms with Crippen LogP contribution in [0.1, 0.15) is 17.0 Å². The standard InChI is InChI=1S/C26H20N2O2S/c1-30-19-13-11-18(12-14-19)24-20(15-17-7-3-2-4-8-17)25(29)28-22-9-5-6-10-23(22)31-26(28)21(24)16-27/h2-14,20,24H,15H2,1H3/t20-,24+/m1/s1. The molecule has 0 radical (unpaired) electrons. The number of rotatable bonds is 4. The molecule has 0 spiro atoms. The third kappa shape index (κ3) is 3.30. The molecule has 3 aromatic carbocycles. The van der Waals surface area contributed by atoms with Crippen molar-refractivity contribution in [2.75, 3.05) is 12.0 Å². The van der Waals surface area contributed by atoms with Gasteiger partial charge in [-0.3, -0.25) is 9.69 Å². The predicted molar refractivity (Wildman–Crippen MR) is 122 cm³/mol. The van der Waals surface area contributed by atoms with Gasteiger partial charge in [0.15, 0.2) is 0 Å². The van der Waals surface area contributed by atoms with Crippen molar-refractivity contribution < 1.29 is 9.53 Å². The fourth-order valence-electron chi connectivity index (χ4n) is 4.43. The van der Waals surface area contributed by atoms with Crippen LogP contribution in [-0.2, 0) is 11.2 Å². The average Bonchev–Trinajstić information content (AvgIpc) is 3.21. The smallest absolute Gasteiger partial charge is 0.236 e.